The van der Waals surface area contributed by atoms with Crippen molar-refractivity contribution < 1.29 is 18.7 Å². The number of hydrogen-bond acceptors (Lipinski definition) is 3. The number of para-hydroxylation sites is 1. The molecule has 0 fully saturated rings. The highest BCUT2D eigenvalue weighted by molar-refractivity contribution is 5.79. The Kier molecular flexibility index (Phi) is 4.13. The highest BCUT2D eigenvalue weighted by Crippen LogP contribution is 2.23. The summed E-state index contributed by atoms with van der Waals surface area (Å²) in [5.74, 6) is 0.123. The van der Waals surface area contributed by atoms with E-state index in [1.165, 1.54) is 18.2 Å². The first kappa shape index (κ1) is 13.1. The Labute approximate surface area is 110 Å². The number of carbonyl (C=O) groups excluding carboxylic acids is 1. The molecule has 0 aliphatic carbocycles. The topological polar surface area (TPSA) is 35.5 Å². The summed E-state index contributed by atoms with van der Waals surface area (Å²) in [7, 11) is 1.57. The predicted octanol–water partition coefficient (Wildman–Crippen LogP) is 3.23. The van der Waals surface area contributed by atoms with E-state index in [2.05, 4.69) is 0 Å². The van der Waals surface area contributed by atoms with Crippen molar-refractivity contribution in [3.05, 3.63) is 59.4 Å². The van der Waals surface area contributed by atoms with Gasteiger partial charge in [-0.2, -0.15) is 0 Å². The molecule has 0 saturated carbocycles. The molecule has 19 heavy (non-hydrogen) atoms. The smallest absolute Gasteiger partial charge is 0.165 e. The number of aldehydes is 1. The Bertz CT molecular complexity index is 581. The molecule has 3 nitrogen and oxygen atoms in total. The van der Waals surface area contributed by atoms with E-state index in [0.29, 0.717) is 12.0 Å². The zero-order valence-corrected chi connectivity index (χ0v) is 10.4. The molecule has 0 radical (unpaired) electrons. The number of halogens is 1. The van der Waals surface area contributed by atoms with Crippen molar-refractivity contribution in [3.63, 3.8) is 0 Å². The van der Waals surface area contributed by atoms with Crippen molar-refractivity contribution in [3.8, 4) is 11.5 Å². The molecule has 2 aromatic carbocycles. The lowest BCUT2D eigenvalue weighted by Crippen LogP contribution is -2.00. The molecule has 0 N–H and O–H groups in total. The number of carbonyl (C=O) groups is 1. The highest BCUT2D eigenvalue weighted by Gasteiger charge is 2.09. The van der Waals surface area contributed by atoms with E-state index in [1.807, 2.05) is 18.2 Å². The van der Waals surface area contributed by atoms with Gasteiger partial charge in [0.05, 0.1) is 12.7 Å². The summed E-state index contributed by atoms with van der Waals surface area (Å²) < 4.78 is 24.0. The summed E-state index contributed by atoms with van der Waals surface area (Å²) in [6.07, 6.45) is 0.573. The van der Waals surface area contributed by atoms with Crippen molar-refractivity contribution in [1.29, 1.82) is 0 Å². The molecule has 0 aromatic heterocycles. The summed E-state index contributed by atoms with van der Waals surface area (Å²) in [6, 6.07) is 11.5. The van der Waals surface area contributed by atoms with Gasteiger partial charge in [-0.25, -0.2) is 4.39 Å². The zero-order chi connectivity index (χ0) is 13.7. The third-order valence-corrected chi connectivity index (χ3v) is 2.64. The van der Waals surface area contributed by atoms with Crippen LogP contribution in [-0.4, -0.2) is 13.4 Å². The fraction of sp³-hybridized carbons (Fsp3) is 0.133. The van der Waals surface area contributed by atoms with Gasteiger partial charge >= 0.3 is 0 Å². The lowest BCUT2D eigenvalue weighted by Gasteiger charge is -2.10. The third-order valence-electron chi connectivity index (χ3n) is 2.64. The Balaban J connectivity index is 2.16. The van der Waals surface area contributed by atoms with Crippen LogP contribution < -0.4 is 9.47 Å². The van der Waals surface area contributed by atoms with Gasteiger partial charge in [-0.05, 0) is 29.8 Å². The Morgan fingerprint density at radius 3 is 2.74 bits per heavy atom. The first-order valence-electron chi connectivity index (χ1n) is 5.74. The minimum Gasteiger partial charge on any atom is -0.497 e. The summed E-state index contributed by atoms with van der Waals surface area (Å²) in [4.78, 5) is 10.8. The van der Waals surface area contributed by atoms with Crippen LogP contribution in [0, 0.1) is 5.82 Å². The number of benzene rings is 2. The van der Waals surface area contributed by atoms with Crippen LogP contribution in [0.2, 0.25) is 0 Å². The molecule has 2 aromatic rings. The first-order valence-corrected chi connectivity index (χ1v) is 5.74. The van der Waals surface area contributed by atoms with E-state index < -0.39 is 5.82 Å². The molecule has 98 valence electrons. The van der Waals surface area contributed by atoms with E-state index in [4.69, 9.17) is 9.47 Å². The van der Waals surface area contributed by atoms with Crippen molar-refractivity contribution in [2.45, 2.75) is 6.61 Å². The minimum atomic E-state index is -0.549. The summed E-state index contributed by atoms with van der Waals surface area (Å²) in [6.45, 7) is 0.166. The number of rotatable bonds is 5. The van der Waals surface area contributed by atoms with Crippen molar-refractivity contribution >= 4 is 6.29 Å². The monoisotopic (exact) mass is 260 g/mol. The Morgan fingerprint density at radius 2 is 2.00 bits per heavy atom. The fourth-order valence-electron chi connectivity index (χ4n) is 1.69. The van der Waals surface area contributed by atoms with E-state index in [1.54, 1.807) is 13.2 Å². The lowest BCUT2D eigenvalue weighted by molar-refractivity contribution is 0.111. The molecule has 0 spiro atoms. The van der Waals surface area contributed by atoms with Gasteiger partial charge in [0.15, 0.2) is 17.9 Å². The molecule has 0 amide bonds. The lowest BCUT2D eigenvalue weighted by atomic mass is 10.2. The third kappa shape index (κ3) is 3.10. The second-order valence-electron chi connectivity index (χ2n) is 3.92. The van der Waals surface area contributed by atoms with Crippen LogP contribution in [0.15, 0.2) is 42.5 Å². The SMILES string of the molecule is COc1cccc(COc2c(F)cccc2C=O)c1. The summed E-state index contributed by atoms with van der Waals surface area (Å²) in [5, 5.41) is 0. The average Bonchev–Trinajstić information content (AvgIpc) is 2.46. The maximum absolute atomic E-state index is 13.6. The molecule has 0 aliphatic heterocycles. The largest absolute Gasteiger partial charge is 0.497 e. The van der Waals surface area contributed by atoms with Crippen LogP contribution in [0.25, 0.3) is 0 Å². The summed E-state index contributed by atoms with van der Waals surface area (Å²) in [5.41, 5.74) is 1.03. The molecule has 0 aliphatic rings. The first-order chi connectivity index (χ1) is 9.24. The van der Waals surface area contributed by atoms with Gasteiger partial charge in [0.2, 0.25) is 0 Å². The molecule has 2 rings (SSSR count). The van der Waals surface area contributed by atoms with Gasteiger partial charge in [0, 0.05) is 0 Å². The second-order valence-corrected chi connectivity index (χ2v) is 3.92. The average molecular weight is 260 g/mol. The molecule has 0 bridgehead atoms. The van der Waals surface area contributed by atoms with Gasteiger partial charge in [-0.1, -0.05) is 18.2 Å². The Morgan fingerprint density at radius 1 is 1.21 bits per heavy atom. The normalized spacial score (nSPS) is 10.0. The van der Waals surface area contributed by atoms with Crippen LogP contribution in [0.1, 0.15) is 15.9 Å². The van der Waals surface area contributed by atoms with Crippen molar-refractivity contribution in [2.75, 3.05) is 7.11 Å². The fourth-order valence-corrected chi connectivity index (χ4v) is 1.69. The molecular weight excluding hydrogens is 247 g/mol. The summed E-state index contributed by atoms with van der Waals surface area (Å²) >= 11 is 0. The van der Waals surface area contributed by atoms with Crippen LogP contribution in [-0.2, 0) is 6.61 Å². The molecular formula is C15H13FO3. The zero-order valence-electron chi connectivity index (χ0n) is 10.4. The van der Waals surface area contributed by atoms with Crippen molar-refractivity contribution in [2.24, 2.45) is 0 Å². The van der Waals surface area contributed by atoms with Crippen molar-refractivity contribution in [1.82, 2.24) is 0 Å². The number of hydrogen-bond donors (Lipinski definition) is 0. The van der Waals surface area contributed by atoms with E-state index in [0.717, 1.165) is 5.56 Å². The van der Waals surface area contributed by atoms with E-state index in [-0.39, 0.29) is 17.9 Å². The molecule has 0 unspecified atom stereocenters. The van der Waals surface area contributed by atoms with Gasteiger partial charge in [0.25, 0.3) is 0 Å². The van der Waals surface area contributed by atoms with Gasteiger partial charge in [-0.3, -0.25) is 4.79 Å². The van der Waals surface area contributed by atoms with E-state index >= 15 is 0 Å². The number of ether oxygens (including phenoxy) is 2. The second kappa shape index (κ2) is 6.00. The van der Waals surface area contributed by atoms with E-state index in [9.17, 15) is 9.18 Å². The minimum absolute atomic E-state index is 0.0275. The standard InChI is InChI=1S/C15H13FO3/c1-18-13-6-2-4-11(8-13)10-19-15-12(9-17)5-3-7-14(15)16/h2-9H,10H2,1H3. The van der Waals surface area contributed by atoms with Crippen LogP contribution in [0.5, 0.6) is 11.5 Å². The Hall–Kier alpha value is -2.36. The number of methoxy groups -OCH3 is 1. The molecule has 0 saturated heterocycles. The maximum atomic E-state index is 13.6. The van der Waals surface area contributed by atoms with Gasteiger partial charge < -0.3 is 9.47 Å². The highest BCUT2D eigenvalue weighted by atomic mass is 19.1. The maximum Gasteiger partial charge on any atom is 0.165 e. The van der Waals surface area contributed by atoms with Crippen LogP contribution >= 0.6 is 0 Å². The molecule has 4 heteroatoms. The van der Waals surface area contributed by atoms with Crippen LogP contribution in [0.3, 0.4) is 0 Å². The van der Waals surface area contributed by atoms with Crippen LogP contribution in [0.4, 0.5) is 4.39 Å². The van der Waals surface area contributed by atoms with Gasteiger partial charge in [0.1, 0.15) is 12.4 Å². The molecule has 0 atom stereocenters. The predicted molar refractivity (Wildman–Crippen MR) is 69.1 cm³/mol. The van der Waals surface area contributed by atoms with Gasteiger partial charge in [-0.15, -0.1) is 0 Å². The quantitative estimate of drug-likeness (QED) is 0.774. The molecule has 0 heterocycles.